The van der Waals surface area contributed by atoms with Crippen molar-refractivity contribution in [3.63, 3.8) is 0 Å². The van der Waals surface area contributed by atoms with E-state index in [1.54, 1.807) is 11.1 Å². The van der Waals surface area contributed by atoms with Crippen LogP contribution in [0.3, 0.4) is 0 Å². The highest BCUT2D eigenvalue weighted by Crippen LogP contribution is 2.48. The van der Waals surface area contributed by atoms with Gasteiger partial charge in [0.05, 0.1) is 0 Å². The van der Waals surface area contributed by atoms with Crippen LogP contribution in [0, 0.1) is 11.3 Å². The van der Waals surface area contributed by atoms with Gasteiger partial charge in [0.25, 0.3) is 0 Å². The molecule has 0 N–H and O–H groups in total. The van der Waals surface area contributed by atoms with E-state index in [1.807, 2.05) is 0 Å². The molecular weight excluding hydrogens is 180 g/mol. The number of hydrogen-bond donors (Lipinski definition) is 0. The van der Waals surface area contributed by atoms with E-state index >= 15 is 0 Å². The summed E-state index contributed by atoms with van der Waals surface area (Å²) < 4.78 is 0. The van der Waals surface area contributed by atoms with Gasteiger partial charge in [-0.2, -0.15) is 0 Å². The lowest BCUT2D eigenvalue weighted by molar-refractivity contribution is 0.279. The molecule has 15 heavy (non-hydrogen) atoms. The minimum Gasteiger partial charge on any atom is -0.0839 e. The van der Waals surface area contributed by atoms with Gasteiger partial charge in [0.1, 0.15) is 0 Å². The summed E-state index contributed by atoms with van der Waals surface area (Å²) in [4.78, 5) is 0. The Morgan fingerprint density at radius 1 is 1.33 bits per heavy atom. The summed E-state index contributed by atoms with van der Waals surface area (Å²) in [7, 11) is 0. The van der Waals surface area contributed by atoms with E-state index in [0.717, 1.165) is 5.92 Å². The number of rotatable bonds is 0. The Hall–Kier alpha value is -1.04. The Morgan fingerprint density at radius 2 is 2.27 bits per heavy atom. The van der Waals surface area contributed by atoms with Crippen LogP contribution >= 0.6 is 0 Å². The largest absolute Gasteiger partial charge is 0.0839 e. The minimum atomic E-state index is 0.384. The Morgan fingerprint density at radius 3 is 3.20 bits per heavy atom. The van der Waals surface area contributed by atoms with Gasteiger partial charge in [-0.3, -0.25) is 0 Å². The second-order valence-electron chi connectivity index (χ2n) is 5.31. The summed E-state index contributed by atoms with van der Waals surface area (Å²) in [5.74, 6) is 0.743. The zero-order valence-corrected chi connectivity index (χ0v) is 9.37. The van der Waals surface area contributed by atoms with E-state index in [-0.39, 0.29) is 0 Å². The number of hydrogen-bond acceptors (Lipinski definition) is 0. The summed E-state index contributed by atoms with van der Waals surface area (Å²) in [5, 5.41) is 0. The molecule has 0 aliphatic heterocycles. The van der Waals surface area contributed by atoms with E-state index in [4.69, 9.17) is 0 Å². The molecule has 0 fully saturated rings. The summed E-state index contributed by atoms with van der Waals surface area (Å²) in [6.45, 7) is 2.41. The molecule has 0 heteroatoms. The SMILES string of the molecule is CC12C=CC=CC1CC1=C(C=CCC1)C2. The van der Waals surface area contributed by atoms with Gasteiger partial charge in [-0.15, -0.1) is 0 Å². The van der Waals surface area contributed by atoms with Gasteiger partial charge < -0.3 is 0 Å². The predicted molar refractivity (Wildman–Crippen MR) is 64.5 cm³/mol. The average molecular weight is 198 g/mol. The van der Waals surface area contributed by atoms with Crippen molar-refractivity contribution in [2.75, 3.05) is 0 Å². The van der Waals surface area contributed by atoms with Crippen molar-refractivity contribution >= 4 is 0 Å². The van der Waals surface area contributed by atoms with Crippen LogP contribution < -0.4 is 0 Å². The Labute approximate surface area is 92.1 Å². The first-order valence-electron chi connectivity index (χ1n) is 6.01. The topological polar surface area (TPSA) is 0 Å². The van der Waals surface area contributed by atoms with Gasteiger partial charge in [-0.25, -0.2) is 0 Å². The average Bonchev–Trinajstić information content (AvgIpc) is 2.25. The molecule has 0 amide bonds. The molecular formula is C15H18. The van der Waals surface area contributed by atoms with Crippen LogP contribution in [-0.2, 0) is 0 Å². The smallest absolute Gasteiger partial charge is 0.00372 e. The molecule has 0 aromatic heterocycles. The molecule has 0 nitrogen and oxygen atoms in total. The molecule has 0 aromatic carbocycles. The Balaban J connectivity index is 1.99. The van der Waals surface area contributed by atoms with Crippen molar-refractivity contribution < 1.29 is 0 Å². The summed E-state index contributed by atoms with van der Waals surface area (Å²) >= 11 is 0. The lowest BCUT2D eigenvalue weighted by atomic mass is 9.63. The standard InChI is InChI=1S/C15H18/c1-15-9-5-4-8-14(15)10-12-6-2-3-7-13(12)11-15/h3-5,7-9,14H,2,6,10-11H2,1H3. The first kappa shape index (κ1) is 9.21. The molecule has 0 radical (unpaired) electrons. The lowest BCUT2D eigenvalue weighted by Gasteiger charge is -2.42. The maximum Gasteiger partial charge on any atom is -0.00372 e. The summed E-state index contributed by atoms with van der Waals surface area (Å²) in [5.41, 5.74) is 3.73. The van der Waals surface area contributed by atoms with Crippen molar-refractivity contribution in [1.29, 1.82) is 0 Å². The third-order valence-corrected chi connectivity index (χ3v) is 4.20. The third kappa shape index (κ3) is 1.43. The highest BCUT2D eigenvalue weighted by molar-refractivity contribution is 5.37. The molecule has 3 aliphatic carbocycles. The molecule has 3 rings (SSSR count). The monoisotopic (exact) mass is 198 g/mol. The fraction of sp³-hybridized carbons (Fsp3) is 0.467. The fourth-order valence-electron chi connectivity index (χ4n) is 3.16. The number of fused-ring (bicyclic) bond motifs is 1. The maximum absolute atomic E-state index is 2.41. The van der Waals surface area contributed by atoms with Gasteiger partial charge >= 0.3 is 0 Å². The molecule has 2 unspecified atom stereocenters. The number of allylic oxidation sites excluding steroid dienone is 8. The van der Waals surface area contributed by atoms with Crippen molar-refractivity contribution in [3.8, 4) is 0 Å². The lowest BCUT2D eigenvalue weighted by Crippen LogP contribution is -2.30. The Bertz CT molecular complexity index is 392. The van der Waals surface area contributed by atoms with Crippen LogP contribution in [0.1, 0.15) is 32.6 Å². The minimum absolute atomic E-state index is 0.384. The summed E-state index contributed by atoms with van der Waals surface area (Å²) in [6, 6.07) is 0. The third-order valence-electron chi connectivity index (χ3n) is 4.20. The molecule has 2 atom stereocenters. The molecule has 0 saturated heterocycles. The quantitative estimate of drug-likeness (QED) is 0.548. The van der Waals surface area contributed by atoms with E-state index < -0.39 is 0 Å². The van der Waals surface area contributed by atoms with E-state index in [1.165, 1.54) is 25.7 Å². The van der Waals surface area contributed by atoms with Gasteiger partial charge in [0.15, 0.2) is 0 Å². The first-order chi connectivity index (χ1) is 7.28. The van der Waals surface area contributed by atoms with Crippen LogP contribution in [0.25, 0.3) is 0 Å². The van der Waals surface area contributed by atoms with Gasteiger partial charge in [-0.05, 0) is 42.6 Å². The van der Waals surface area contributed by atoms with E-state index in [2.05, 4.69) is 43.4 Å². The van der Waals surface area contributed by atoms with Crippen molar-refractivity contribution in [1.82, 2.24) is 0 Å². The first-order valence-corrected chi connectivity index (χ1v) is 6.01. The van der Waals surface area contributed by atoms with Crippen LogP contribution in [0.4, 0.5) is 0 Å². The Kier molecular flexibility index (Phi) is 1.98. The molecule has 0 heterocycles. The van der Waals surface area contributed by atoms with Crippen LogP contribution in [0.2, 0.25) is 0 Å². The van der Waals surface area contributed by atoms with Gasteiger partial charge in [0.2, 0.25) is 0 Å². The fourth-order valence-corrected chi connectivity index (χ4v) is 3.16. The molecule has 0 saturated carbocycles. The second-order valence-corrected chi connectivity index (χ2v) is 5.31. The van der Waals surface area contributed by atoms with Crippen LogP contribution in [0.15, 0.2) is 47.6 Å². The second kappa shape index (κ2) is 3.23. The van der Waals surface area contributed by atoms with Gasteiger partial charge in [-0.1, -0.05) is 49.0 Å². The van der Waals surface area contributed by atoms with Crippen molar-refractivity contribution in [2.45, 2.75) is 32.6 Å². The normalized spacial score (nSPS) is 37.8. The highest BCUT2D eigenvalue weighted by atomic mass is 14.4. The maximum atomic E-state index is 2.41. The van der Waals surface area contributed by atoms with Crippen LogP contribution in [-0.4, -0.2) is 0 Å². The highest BCUT2D eigenvalue weighted by Gasteiger charge is 2.36. The van der Waals surface area contributed by atoms with Crippen molar-refractivity contribution in [2.24, 2.45) is 11.3 Å². The van der Waals surface area contributed by atoms with E-state index in [0.29, 0.717) is 5.41 Å². The molecule has 0 bridgehead atoms. The van der Waals surface area contributed by atoms with E-state index in [9.17, 15) is 0 Å². The molecule has 0 spiro atoms. The zero-order valence-electron chi connectivity index (χ0n) is 9.37. The predicted octanol–water partition coefficient (Wildman–Crippen LogP) is 4.18. The van der Waals surface area contributed by atoms with Gasteiger partial charge in [0, 0.05) is 0 Å². The van der Waals surface area contributed by atoms with Crippen molar-refractivity contribution in [3.05, 3.63) is 47.6 Å². The molecule has 0 aromatic rings. The summed E-state index contributed by atoms with van der Waals surface area (Å²) in [6.07, 6.45) is 19.0. The molecule has 3 aliphatic rings. The van der Waals surface area contributed by atoms with Crippen LogP contribution in [0.5, 0.6) is 0 Å². The molecule has 78 valence electrons. The zero-order chi connectivity index (χ0) is 10.3.